The molecule has 0 aliphatic heterocycles. The second-order valence-corrected chi connectivity index (χ2v) is 3.96. The second kappa shape index (κ2) is 5.48. The fraction of sp³-hybridized carbons (Fsp3) is 0.143. The van der Waals surface area contributed by atoms with Crippen molar-refractivity contribution in [2.45, 2.75) is 13.3 Å². The van der Waals surface area contributed by atoms with Crippen molar-refractivity contribution >= 4 is 5.69 Å². The SMILES string of the molecule is CCc1cc(Oc2cccc([N+](=O)[O-])c2)ccc1F. The van der Waals surface area contributed by atoms with Gasteiger partial charge < -0.3 is 4.74 Å². The zero-order valence-corrected chi connectivity index (χ0v) is 10.3. The summed E-state index contributed by atoms with van der Waals surface area (Å²) in [5.41, 5.74) is 0.498. The van der Waals surface area contributed by atoms with Crippen LogP contribution in [0.5, 0.6) is 11.5 Å². The third-order valence-corrected chi connectivity index (χ3v) is 2.66. The van der Waals surface area contributed by atoms with Crippen LogP contribution in [0.25, 0.3) is 0 Å². The Hall–Kier alpha value is -2.43. The maximum Gasteiger partial charge on any atom is 0.273 e. The normalized spacial score (nSPS) is 10.2. The van der Waals surface area contributed by atoms with Gasteiger partial charge >= 0.3 is 0 Å². The molecule has 4 nitrogen and oxygen atoms in total. The van der Waals surface area contributed by atoms with Crippen molar-refractivity contribution in [2.24, 2.45) is 0 Å². The van der Waals surface area contributed by atoms with E-state index in [9.17, 15) is 14.5 Å². The molecule has 2 aromatic rings. The first-order chi connectivity index (χ1) is 9.10. The number of ether oxygens (including phenoxy) is 1. The van der Waals surface area contributed by atoms with Crippen molar-refractivity contribution in [3.63, 3.8) is 0 Å². The maximum atomic E-state index is 13.3. The number of halogens is 1. The quantitative estimate of drug-likeness (QED) is 0.615. The molecule has 0 bridgehead atoms. The van der Waals surface area contributed by atoms with Crippen LogP contribution >= 0.6 is 0 Å². The van der Waals surface area contributed by atoms with Crippen molar-refractivity contribution in [3.8, 4) is 11.5 Å². The van der Waals surface area contributed by atoms with E-state index < -0.39 is 4.92 Å². The lowest BCUT2D eigenvalue weighted by molar-refractivity contribution is -0.384. The number of benzene rings is 2. The standard InChI is InChI=1S/C14H12FNO3/c1-2-10-8-13(6-7-14(10)15)19-12-5-3-4-11(9-12)16(17)18/h3-9H,2H2,1H3. The summed E-state index contributed by atoms with van der Waals surface area (Å²) in [5, 5.41) is 10.7. The van der Waals surface area contributed by atoms with Crippen LogP contribution in [-0.4, -0.2) is 4.92 Å². The van der Waals surface area contributed by atoms with Gasteiger partial charge in [0.2, 0.25) is 0 Å². The summed E-state index contributed by atoms with van der Waals surface area (Å²) < 4.78 is 18.8. The molecule has 0 fully saturated rings. The molecule has 5 heteroatoms. The molecule has 0 amide bonds. The van der Waals surface area contributed by atoms with Gasteiger partial charge in [-0.1, -0.05) is 13.0 Å². The third kappa shape index (κ3) is 3.07. The van der Waals surface area contributed by atoms with Crippen LogP contribution in [0.1, 0.15) is 12.5 Å². The number of hydrogen-bond donors (Lipinski definition) is 0. The minimum Gasteiger partial charge on any atom is -0.457 e. The van der Waals surface area contributed by atoms with E-state index in [0.29, 0.717) is 23.5 Å². The molecular formula is C14H12FNO3. The fourth-order valence-electron chi connectivity index (χ4n) is 1.68. The topological polar surface area (TPSA) is 52.4 Å². The molecule has 0 unspecified atom stereocenters. The van der Waals surface area contributed by atoms with E-state index in [1.165, 1.54) is 30.3 Å². The van der Waals surface area contributed by atoms with Crippen molar-refractivity contribution in [1.29, 1.82) is 0 Å². The van der Waals surface area contributed by atoms with E-state index >= 15 is 0 Å². The molecule has 0 saturated carbocycles. The molecule has 0 spiro atoms. The van der Waals surface area contributed by atoms with Crippen LogP contribution in [0.3, 0.4) is 0 Å². The highest BCUT2D eigenvalue weighted by Gasteiger charge is 2.08. The summed E-state index contributed by atoms with van der Waals surface area (Å²) in [6.45, 7) is 1.84. The molecule has 0 radical (unpaired) electrons. The second-order valence-electron chi connectivity index (χ2n) is 3.96. The molecule has 0 atom stereocenters. The summed E-state index contributed by atoms with van der Waals surface area (Å²) in [7, 11) is 0. The molecule has 19 heavy (non-hydrogen) atoms. The van der Waals surface area contributed by atoms with Gasteiger partial charge in [0.05, 0.1) is 11.0 Å². The third-order valence-electron chi connectivity index (χ3n) is 2.66. The zero-order valence-electron chi connectivity index (χ0n) is 10.3. The smallest absolute Gasteiger partial charge is 0.273 e. The van der Waals surface area contributed by atoms with Crippen LogP contribution in [-0.2, 0) is 6.42 Å². The Bertz CT molecular complexity index is 613. The van der Waals surface area contributed by atoms with Gasteiger partial charge in [-0.15, -0.1) is 0 Å². The summed E-state index contributed by atoms with van der Waals surface area (Å²) in [4.78, 5) is 10.2. The van der Waals surface area contributed by atoms with Gasteiger partial charge in [-0.3, -0.25) is 10.1 Å². The van der Waals surface area contributed by atoms with Crippen LogP contribution in [0.15, 0.2) is 42.5 Å². The number of rotatable bonds is 4. The molecule has 98 valence electrons. The number of nitro benzene ring substituents is 1. The molecule has 0 N–H and O–H groups in total. The minimum absolute atomic E-state index is 0.0460. The highest BCUT2D eigenvalue weighted by atomic mass is 19.1. The van der Waals surface area contributed by atoms with E-state index in [-0.39, 0.29) is 11.5 Å². The van der Waals surface area contributed by atoms with Crippen LogP contribution in [0, 0.1) is 15.9 Å². The summed E-state index contributed by atoms with van der Waals surface area (Å²) >= 11 is 0. The Morgan fingerprint density at radius 3 is 2.63 bits per heavy atom. The molecular weight excluding hydrogens is 249 g/mol. The summed E-state index contributed by atoms with van der Waals surface area (Å²) in [5.74, 6) is 0.524. The van der Waals surface area contributed by atoms with E-state index in [1.54, 1.807) is 12.1 Å². The van der Waals surface area contributed by atoms with Gasteiger partial charge in [0.15, 0.2) is 0 Å². The van der Waals surface area contributed by atoms with Crippen molar-refractivity contribution in [3.05, 3.63) is 64.0 Å². The number of aryl methyl sites for hydroxylation is 1. The number of nitro groups is 1. The van der Waals surface area contributed by atoms with Gasteiger partial charge in [0, 0.05) is 6.07 Å². The predicted octanol–water partition coefficient (Wildman–Crippen LogP) is 4.09. The highest BCUT2D eigenvalue weighted by Crippen LogP contribution is 2.26. The van der Waals surface area contributed by atoms with E-state index in [4.69, 9.17) is 4.74 Å². The molecule has 2 rings (SSSR count). The molecule has 0 saturated heterocycles. The number of nitrogens with zero attached hydrogens (tertiary/aromatic N) is 1. The monoisotopic (exact) mass is 261 g/mol. The van der Waals surface area contributed by atoms with Crippen LogP contribution in [0.4, 0.5) is 10.1 Å². The fourth-order valence-corrected chi connectivity index (χ4v) is 1.68. The maximum absolute atomic E-state index is 13.3. The van der Waals surface area contributed by atoms with Crippen LogP contribution < -0.4 is 4.74 Å². The first-order valence-electron chi connectivity index (χ1n) is 5.81. The Morgan fingerprint density at radius 2 is 1.95 bits per heavy atom. The predicted molar refractivity (Wildman–Crippen MR) is 68.9 cm³/mol. The first-order valence-corrected chi connectivity index (χ1v) is 5.81. The van der Waals surface area contributed by atoms with E-state index in [1.807, 2.05) is 6.92 Å². The molecule has 0 aliphatic rings. The Balaban J connectivity index is 2.26. The average molecular weight is 261 g/mol. The lowest BCUT2D eigenvalue weighted by atomic mass is 10.1. The Kier molecular flexibility index (Phi) is 3.75. The first kappa shape index (κ1) is 13.0. The minimum atomic E-state index is -0.491. The van der Waals surface area contributed by atoms with E-state index in [2.05, 4.69) is 0 Å². The number of hydrogen-bond acceptors (Lipinski definition) is 3. The lowest BCUT2D eigenvalue weighted by Gasteiger charge is -2.07. The van der Waals surface area contributed by atoms with Crippen molar-refractivity contribution < 1.29 is 14.1 Å². The van der Waals surface area contributed by atoms with Crippen molar-refractivity contribution in [1.82, 2.24) is 0 Å². The lowest BCUT2D eigenvalue weighted by Crippen LogP contribution is -1.92. The average Bonchev–Trinajstić information content (AvgIpc) is 2.41. The molecule has 0 aliphatic carbocycles. The van der Waals surface area contributed by atoms with Gasteiger partial charge in [-0.25, -0.2) is 4.39 Å². The summed E-state index contributed by atoms with van der Waals surface area (Å²) in [6.07, 6.45) is 0.554. The summed E-state index contributed by atoms with van der Waals surface area (Å²) in [6, 6.07) is 10.3. The highest BCUT2D eigenvalue weighted by molar-refractivity contribution is 5.41. The Morgan fingerprint density at radius 1 is 1.21 bits per heavy atom. The molecule has 0 aromatic heterocycles. The van der Waals surface area contributed by atoms with Gasteiger partial charge in [-0.05, 0) is 36.2 Å². The number of non-ortho nitro benzene ring substituents is 1. The zero-order chi connectivity index (χ0) is 13.8. The van der Waals surface area contributed by atoms with Gasteiger partial charge in [0.25, 0.3) is 5.69 Å². The van der Waals surface area contributed by atoms with Crippen molar-refractivity contribution in [2.75, 3.05) is 0 Å². The van der Waals surface area contributed by atoms with Gasteiger partial charge in [-0.2, -0.15) is 0 Å². The Labute approximate surface area is 109 Å². The molecule has 0 heterocycles. The largest absolute Gasteiger partial charge is 0.457 e. The van der Waals surface area contributed by atoms with Gasteiger partial charge in [0.1, 0.15) is 17.3 Å². The van der Waals surface area contributed by atoms with E-state index in [0.717, 1.165) is 0 Å². The van der Waals surface area contributed by atoms with Crippen LogP contribution in [0.2, 0.25) is 0 Å². The molecule has 2 aromatic carbocycles.